The zero-order chi connectivity index (χ0) is 14.7. The minimum atomic E-state index is -0.186. The Morgan fingerprint density at radius 3 is 2.76 bits per heavy atom. The third-order valence-corrected chi connectivity index (χ3v) is 3.68. The fourth-order valence-corrected chi connectivity index (χ4v) is 2.22. The molecule has 1 aromatic rings. The van der Waals surface area contributed by atoms with E-state index in [1.165, 1.54) is 0 Å². The average Bonchev–Trinajstić information content (AvgIpc) is 2.45. The first-order valence-corrected chi connectivity index (χ1v) is 6.94. The maximum absolute atomic E-state index is 11.8. The molecule has 6 heteroatoms. The van der Waals surface area contributed by atoms with E-state index in [0.29, 0.717) is 13.0 Å². The molecule has 0 saturated heterocycles. The third kappa shape index (κ3) is 4.19. The van der Waals surface area contributed by atoms with Gasteiger partial charge in [-0.15, -0.1) is 12.4 Å². The molecule has 5 nitrogen and oxygen atoms in total. The van der Waals surface area contributed by atoms with Crippen LogP contribution in [-0.2, 0) is 16.0 Å². The molecule has 2 unspecified atom stereocenters. The quantitative estimate of drug-likeness (QED) is 0.792. The van der Waals surface area contributed by atoms with Crippen molar-refractivity contribution in [3.05, 3.63) is 29.3 Å². The standard InChI is InChI=1S/C15H21N3O2.ClH/c1-9(8-16)15(20)17-10(2)11-3-5-13-12(7-11)4-6-14(19)18-13;/h3,5,7,9-10H,4,6,8,16H2,1-2H3,(H,17,20)(H,18,19);1H. The molecule has 0 radical (unpaired) electrons. The van der Waals surface area contributed by atoms with Crippen molar-refractivity contribution in [3.8, 4) is 0 Å². The van der Waals surface area contributed by atoms with Crippen LogP contribution >= 0.6 is 12.4 Å². The van der Waals surface area contributed by atoms with Crippen LogP contribution in [0.4, 0.5) is 5.69 Å². The summed E-state index contributed by atoms with van der Waals surface area (Å²) >= 11 is 0. The van der Waals surface area contributed by atoms with Crippen molar-refractivity contribution in [2.75, 3.05) is 11.9 Å². The zero-order valence-corrected chi connectivity index (χ0v) is 13.1. The molecule has 1 aliphatic rings. The molecule has 1 aromatic carbocycles. The van der Waals surface area contributed by atoms with Crippen LogP contribution in [0.3, 0.4) is 0 Å². The highest BCUT2D eigenvalue weighted by Gasteiger charge is 2.18. The molecule has 0 aliphatic carbocycles. The highest BCUT2D eigenvalue weighted by molar-refractivity contribution is 5.93. The lowest BCUT2D eigenvalue weighted by molar-refractivity contribution is -0.124. The summed E-state index contributed by atoms with van der Waals surface area (Å²) in [7, 11) is 0. The highest BCUT2D eigenvalue weighted by atomic mass is 35.5. The first-order chi connectivity index (χ1) is 9.51. The molecule has 21 heavy (non-hydrogen) atoms. The van der Waals surface area contributed by atoms with Crippen LogP contribution in [0.1, 0.15) is 37.4 Å². The summed E-state index contributed by atoms with van der Waals surface area (Å²) in [6.07, 6.45) is 1.26. The monoisotopic (exact) mass is 311 g/mol. The van der Waals surface area contributed by atoms with Crippen LogP contribution in [0.15, 0.2) is 18.2 Å². The van der Waals surface area contributed by atoms with Gasteiger partial charge in [-0.25, -0.2) is 0 Å². The fourth-order valence-electron chi connectivity index (χ4n) is 2.22. The SMILES string of the molecule is CC(CN)C(=O)NC(C)c1ccc2c(c1)CCC(=O)N2.Cl. The number of anilines is 1. The number of hydrogen-bond acceptors (Lipinski definition) is 3. The number of hydrogen-bond donors (Lipinski definition) is 3. The molecule has 0 saturated carbocycles. The van der Waals surface area contributed by atoms with E-state index >= 15 is 0 Å². The number of fused-ring (bicyclic) bond motifs is 1. The van der Waals surface area contributed by atoms with E-state index in [0.717, 1.165) is 23.2 Å². The van der Waals surface area contributed by atoms with Crippen LogP contribution < -0.4 is 16.4 Å². The van der Waals surface area contributed by atoms with E-state index in [1.807, 2.05) is 32.0 Å². The van der Waals surface area contributed by atoms with Crippen LogP contribution in [-0.4, -0.2) is 18.4 Å². The Bertz CT molecular complexity index is 534. The van der Waals surface area contributed by atoms with Gasteiger partial charge in [-0.2, -0.15) is 0 Å². The summed E-state index contributed by atoms with van der Waals surface area (Å²) in [6, 6.07) is 5.81. The molecule has 0 aromatic heterocycles. The second kappa shape index (κ2) is 7.43. The Morgan fingerprint density at radius 2 is 2.10 bits per heavy atom. The van der Waals surface area contributed by atoms with Crippen molar-refractivity contribution in [2.24, 2.45) is 11.7 Å². The lowest BCUT2D eigenvalue weighted by atomic mass is 9.97. The van der Waals surface area contributed by atoms with Gasteiger partial charge in [-0.05, 0) is 30.5 Å². The van der Waals surface area contributed by atoms with Gasteiger partial charge in [0, 0.05) is 24.6 Å². The Hall–Kier alpha value is -1.59. The van der Waals surface area contributed by atoms with Gasteiger partial charge in [0.2, 0.25) is 11.8 Å². The second-order valence-electron chi connectivity index (χ2n) is 5.33. The number of carbonyl (C=O) groups is 2. The maximum atomic E-state index is 11.8. The van der Waals surface area contributed by atoms with E-state index in [2.05, 4.69) is 10.6 Å². The number of halogens is 1. The van der Waals surface area contributed by atoms with Crippen LogP contribution in [0, 0.1) is 5.92 Å². The van der Waals surface area contributed by atoms with Gasteiger partial charge in [-0.3, -0.25) is 9.59 Å². The number of carbonyl (C=O) groups excluding carboxylic acids is 2. The predicted octanol–water partition coefficient (Wildman–Crippen LogP) is 1.77. The van der Waals surface area contributed by atoms with Crippen molar-refractivity contribution in [3.63, 3.8) is 0 Å². The molecule has 0 spiro atoms. The van der Waals surface area contributed by atoms with Gasteiger partial charge in [0.15, 0.2) is 0 Å². The molecule has 2 rings (SSSR count). The van der Waals surface area contributed by atoms with Crippen LogP contribution in [0.2, 0.25) is 0 Å². The summed E-state index contributed by atoms with van der Waals surface area (Å²) in [5.74, 6) is -0.163. The van der Waals surface area contributed by atoms with Crippen LogP contribution in [0.25, 0.3) is 0 Å². The Balaban J connectivity index is 0.00000220. The fraction of sp³-hybridized carbons (Fsp3) is 0.467. The summed E-state index contributed by atoms with van der Waals surface area (Å²) in [6.45, 7) is 4.10. The molecule has 1 aliphatic heterocycles. The average molecular weight is 312 g/mol. The normalized spacial score (nSPS) is 16.0. The largest absolute Gasteiger partial charge is 0.349 e. The molecular formula is C15H22ClN3O2. The van der Waals surface area contributed by atoms with Crippen molar-refractivity contribution in [1.82, 2.24) is 5.32 Å². The van der Waals surface area contributed by atoms with Crippen molar-refractivity contribution >= 4 is 29.9 Å². The van der Waals surface area contributed by atoms with Gasteiger partial charge in [0.25, 0.3) is 0 Å². The van der Waals surface area contributed by atoms with Gasteiger partial charge >= 0.3 is 0 Å². The lowest BCUT2D eigenvalue weighted by Crippen LogP contribution is -2.35. The summed E-state index contributed by atoms with van der Waals surface area (Å²) in [5.41, 5.74) is 8.52. The molecule has 0 fully saturated rings. The van der Waals surface area contributed by atoms with Crippen LogP contribution in [0.5, 0.6) is 0 Å². The van der Waals surface area contributed by atoms with Crippen molar-refractivity contribution in [1.29, 1.82) is 0 Å². The number of nitrogens with one attached hydrogen (secondary N) is 2. The molecule has 0 bridgehead atoms. The Labute approximate surface area is 131 Å². The molecule has 116 valence electrons. The maximum Gasteiger partial charge on any atom is 0.224 e. The number of aryl methyl sites for hydroxylation is 1. The topological polar surface area (TPSA) is 84.2 Å². The Kier molecular flexibility index (Phi) is 6.18. The first-order valence-electron chi connectivity index (χ1n) is 6.94. The smallest absolute Gasteiger partial charge is 0.224 e. The Morgan fingerprint density at radius 1 is 1.38 bits per heavy atom. The third-order valence-electron chi connectivity index (χ3n) is 3.68. The minimum Gasteiger partial charge on any atom is -0.349 e. The van der Waals surface area contributed by atoms with Gasteiger partial charge in [0.05, 0.1) is 6.04 Å². The number of amides is 2. The van der Waals surface area contributed by atoms with Crippen molar-refractivity contribution < 1.29 is 9.59 Å². The van der Waals surface area contributed by atoms with Gasteiger partial charge in [0.1, 0.15) is 0 Å². The molecule has 4 N–H and O–H groups in total. The number of nitrogens with two attached hydrogens (primary N) is 1. The van der Waals surface area contributed by atoms with Gasteiger partial charge < -0.3 is 16.4 Å². The second-order valence-corrected chi connectivity index (χ2v) is 5.33. The first kappa shape index (κ1) is 17.5. The number of benzene rings is 1. The molecule has 2 atom stereocenters. The van der Waals surface area contributed by atoms with E-state index in [4.69, 9.17) is 5.73 Å². The summed E-state index contributed by atoms with van der Waals surface area (Å²) in [4.78, 5) is 23.2. The zero-order valence-electron chi connectivity index (χ0n) is 12.3. The molecule has 1 heterocycles. The molecular weight excluding hydrogens is 290 g/mol. The highest BCUT2D eigenvalue weighted by Crippen LogP contribution is 2.26. The van der Waals surface area contributed by atoms with E-state index in [1.54, 1.807) is 0 Å². The summed E-state index contributed by atoms with van der Waals surface area (Å²) in [5, 5.41) is 5.81. The van der Waals surface area contributed by atoms with E-state index in [-0.39, 0.29) is 36.2 Å². The molecule has 2 amide bonds. The number of rotatable bonds is 4. The van der Waals surface area contributed by atoms with Gasteiger partial charge in [-0.1, -0.05) is 19.1 Å². The van der Waals surface area contributed by atoms with E-state index in [9.17, 15) is 9.59 Å². The van der Waals surface area contributed by atoms with E-state index < -0.39 is 0 Å². The minimum absolute atomic E-state index is 0. The summed E-state index contributed by atoms with van der Waals surface area (Å²) < 4.78 is 0. The lowest BCUT2D eigenvalue weighted by Gasteiger charge is -2.21. The predicted molar refractivity (Wildman–Crippen MR) is 85.4 cm³/mol. The van der Waals surface area contributed by atoms with Crippen molar-refractivity contribution in [2.45, 2.75) is 32.7 Å².